The maximum Gasteiger partial charge on any atom is 0.168 e. The van der Waals surface area contributed by atoms with Crippen LogP contribution < -0.4 is 0 Å². The molecular formula is C13H10N2S2. The Balaban J connectivity index is 1.79. The van der Waals surface area contributed by atoms with Crippen LogP contribution in [-0.4, -0.2) is 9.55 Å². The van der Waals surface area contributed by atoms with Gasteiger partial charge >= 0.3 is 0 Å². The van der Waals surface area contributed by atoms with E-state index in [9.17, 15) is 0 Å². The van der Waals surface area contributed by atoms with Crippen LogP contribution in [0, 0.1) is 0 Å². The second kappa shape index (κ2) is 3.62. The Hall–Kier alpha value is -1.26. The zero-order chi connectivity index (χ0) is 11.2. The minimum atomic E-state index is 0.523. The summed E-state index contributed by atoms with van der Waals surface area (Å²) in [7, 11) is 0. The fourth-order valence-electron chi connectivity index (χ4n) is 2.31. The number of thiophene rings is 1. The molecule has 0 amide bonds. The van der Waals surface area contributed by atoms with Crippen molar-refractivity contribution >= 4 is 33.2 Å². The summed E-state index contributed by atoms with van der Waals surface area (Å²) in [5.41, 5.74) is 1.46. The van der Waals surface area contributed by atoms with Crippen LogP contribution in [0.2, 0.25) is 0 Å². The Morgan fingerprint density at radius 3 is 3.18 bits per heavy atom. The molecule has 4 heteroatoms. The largest absolute Gasteiger partial charge is 0.325 e. The first-order valence-corrected chi connectivity index (χ1v) is 7.32. The molecule has 1 aliphatic heterocycles. The van der Waals surface area contributed by atoms with Gasteiger partial charge in [0.1, 0.15) is 0 Å². The fourth-order valence-corrected chi connectivity index (χ4v) is 4.61. The molecule has 4 rings (SSSR count). The molecule has 1 atom stereocenters. The highest BCUT2D eigenvalue weighted by molar-refractivity contribution is 7.99. The van der Waals surface area contributed by atoms with E-state index in [-0.39, 0.29) is 0 Å². The highest BCUT2D eigenvalue weighted by Gasteiger charge is 2.26. The van der Waals surface area contributed by atoms with Crippen LogP contribution in [0.25, 0.3) is 10.1 Å². The molecule has 1 aliphatic rings. The Labute approximate surface area is 107 Å². The van der Waals surface area contributed by atoms with Gasteiger partial charge in [-0.15, -0.1) is 11.3 Å². The van der Waals surface area contributed by atoms with Gasteiger partial charge < -0.3 is 4.57 Å². The van der Waals surface area contributed by atoms with Crippen LogP contribution in [0.3, 0.4) is 0 Å². The third kappa shape index (κ3) is 1.44. The van der Waals surface area contributed by atoms with Crippen LogP contribution in [-0.2, 0) is 6.54 Å². The first-order valence-electron chi connectivity index (χ1n) is 5.56. The Kier molecular flexibility index (Phi) is 2.07. The van der Waals surface area contributed by atoms with Crippen molar-refractivity contribution in [2.24, 2.45) is 0 Å². The third-order valence-electron chi connectivity index (χ3n) is 3.15. The molecule has 17 heavy (non-hydrogen) atoms. The summed E-state index contributed by atoms with van der Waals surface area (Å²) >= 11 is 3.71. The predicted molar refractivity (Wildman–Crippen MR) is 72.7 cm³/mol. The van der Waals surface area contributed by atoms with Crippen LogP contribution in [0.5, 0.6) is 0 Å². The summed E-state index contributed by atoms with van der Waals surface area (Å²) in [6, 6.07) is 8.65. The van der Waals surface area contributed by atoms with E-state index in [0.717, 1.165) is 11.7 Å². The number of benzene rings is 1. The van der Waals surface area contributed by atoms with Gasteiger partial charge in [-0.2, -0.15) is 0 Å². The molecule has 0 spiro atoms. The van der Waals surface area contributed by atoms with Gasteiger partial charge in [-0.25, -0.2) is 4.98 Å². The van der Waals surface area contributed by atoms with Crippen molar-refractivity contribution in [2.75, 3.05) is 0 Å². The van der Waals surface area contributed by atoms with Crippen molar-refractivity contribution in [3.63, 3.8) is 0 Å². The summed E-state index contributed by atoms with van der Waals surface area (Å²) in [5.74, 6) is 0. The van der Waals surface area contributed by atoms with E-state index >= 15 is 0 Å². The van der Waals surface area contributed by atoms with Crippen molar-refractivity contribution in [1.82, 2.24) is 9.55 Å². The molecule has 3 aromatic rings. The summed E-state index contributed by atoms with van der Waals surface area (Å²) in [6.07, 6.45) is 3.95. The van der Waals surface area contributed by atoms with Crippen molar-refractivity contribution in [3.8, 4) is 0 Å². The maximum atomic E-state index is 4.37. The number of fused-ring (bicyclic) bond motifs is 2. The first-order chi connectivity index (χ1) is 8.42. The van der Waals surface area contributed by atoms with E-state index in [1.807, 2.05) is 29.3 Å². The number of thioether (sulfide) groups is 1. The van der Waals surface area contributed by atoms with E-state index in [0.29, 0.717) is 5.25 Å². The number of hydrogen-bond donors (Lipinski definition) is 0. The SMILES string of the molecule is c1ccc2c(C3Cn4ccnc4S3)csc2c1. The molecule has 0 N–H and O–H groups in total. The van der Waals surface area contributed by atoms with E-state index in [1.165, 1.54) is 15.6 Å². The normalized spacial score (nSPS) is 18.7. The molecular weight excluding hydrogens is 248 g/mol. The van der Waals surface area contributed by atoms with Crippen LogP contribution in [0.1, 0.15) is 10.8 Å². The molecule has 1 unspecified atom stereocenters. The third-order valence-corrected chi connectivity index (χ3v) is 5.37. The van der Waals surface area contributed by atoms with Crippen molar-refractivity contribution in [3.05, 3.63) is 47.6 Å². The highest BCUT2D eigenvalue weighted by atomic mass is 32.2. The van der Waals surface area contributed by atoms with Crippen LogP contribution >= 0.6 is 23.1 Å². The molecule has 2 aromatic heterocycles. The average Bonchev–Trinajstić information content (AvgIpc) is 3.01. The standard InChI is InChI=1S/C13H10N2S2/c1-2-4-11-9(3-1)10(8-16-11)12-7-15-6-5-14-13(15)17-12/h1-6,8,12H,7H2. The minimum Gasteiger partial charge on any atom is -0.325 e. The molecule has 0 fully saturated rings. The summed E-state index contributed by atoms with van der Waals surface area (Å²) in [4.78, 5) is 4.37. The van der Waals surface area contributed by atoms with Crippen molar-refractivity contribution < 1.29 is 0 Å². The van der Waals surface area contributed by atoms with E-state index in [2.05, 4.69) is 45.4 Å². The maximum absolute atomic E-state index is 4.37. The van der Waals surface area contributed by atoms with Gasteiger partial charge in [0.05, 0.1) is 5.25 Å². The fraction of sp³-hybridized carbons (Fsp3) is 0.154. The van der Waals surface area contributed by atoms with Crippen molar-refractivity contribution in [1.29, 1.82) is 0 Å². The van der Waals surface area contributed by atoms with Crippen molar-refractivity contribution in [2.45, 2.75) is 17.0 Å². The molecule has 2 nitrogen and oxygen atoms in total. The molecule has 0 aliphatic carbocycles. The number of nitrogens with zero attached hydrogens (tertiary/aromatic N) is 2. The number of aromatic nitrogens is 2. The summed E-state index contributed by atoms with van der Waals surface area (Å²) in [6.45, 7) is 1.04. The van der Waals surface area contributed by atoms with Gasteiger partial charge in [0.15, 0.2) is 5.16 Å². The Morgan fingerprint density at radius 1 is 1.29 bits per heavy atom. The van der Waals surface area contributed by atoms with E-state index in [1.54, 1.807) is 0 Å². The highest BCUT2D eigenvalue weighted by Crippen LogP contribution is 2.45. The summed E-state index contributed by atoms with van der Waals surface area (Å²) < 4.78 is 3.62. The van der Waals surface area contributed by atoms with Gasteiger partial charge in [0.25, 0.3) is 0 Å². The van der Waals surface area contributed by atoms with Crippen LogP contribution in [0.4, 0.5) is 0 Å². The van der Waals surface area contributed by atoms with Gasteiger partial charge in [0.2, 0.25) is 0 Å². The Morgan fingerprint density at radius 2 is 2.24 bits per heavy atom. The van der Waals surface area contributed by atoms with Gasteiger partial charge in [0, 0.05) is 23.6 Å². The molecule has 0 radical (unpaired) electrons. The molecule has 3 heterocycles. The van der Waals surface area contributed by atoms with E-state index < -0.39 is 0 Å². The van der Waals surface area contributed by atoms with Gasteiger partial charge in [-0.1, -0.05) is 30.0 Å². The Bertz CT molecular complexity index is 663. The lowest BCUT2D eigenvalue weighted by atomic mass is 10.1. The first kappa shape index (κ1) is 9.74. The lowest BCUT2D eigenvalue weighted by Crippen LogP contribution is -1.96. The predicted octanol–water partition coefficient (Wildman–Crippen LogP) is 3.94. The van der Waals surface area contributed by atoms with Gasteiger partial charge in [-0.3, -0.25) is 0 Å². The smallest absolute Gasteiger partial charge is 0.168 e. The lowest BCUT2D eigenvalue weighted by Gasteiger charge is -2.06. The average molecular weight is 258 g/mol. The second-order valence-corrected chi connectivity index (χ2v) is 6.24. The molecule has 0 bridgehead atoms. The molecule has 0 saturated heterocycles. The number of hydrogen-bond acceptors (Lipinski definition) is 3. The minimum absolute atomic E-state index is 0.523. The molecule has 84 valence electrons. The van der Waals surface area contributed by atoms with E-state index in [4.69, 9.17) is 0 Å². The topological polar surface area (TPSA) is 17.8 Å². The monoisotopic (exact) mass is 258 g/mol. The summed E-state index contributed by atoms with van der Waals surface area (Å²) in [5, 5.41) is 5.37. The zero-order valence-electron chi connectivity index (χ0n) is 9.04. The quantitative estimate of drug-likeness (QED) is 0.658. The van der Waals surface area contributed by atoms with Gasteiger partial charge in [-0.05, 0) is 22.4 Å². The molecule has 1 aromatic carbocycles. The van der Waals surface area contributed by atoms with Crippen LogP contribution in [0.15, 0.2) is 47.2 Å². The zero-order valence-corrected chi connectivity index (χ0v) is 10.7. The number of rotatable bonds is 1. The number of imidazole rings is 1. The lowest BCUT2D eigenvalue weighted by molar-refractivity contribution is 0.665. The molecule has 0 saturated carbocycles. The second-order valence-electron chi connectivity index (χ2n) is 4.16.